The number of fused-ring (bicyclic) bond motifs is 5. The lowest BCUT2D eigenvalue weighted by molar-refractivity contribution is -0.00804. The molecule has 0 aromatic heterocycles. The normalized spacial score (nSPS) is 32.1. The monoisotopic (exact) mass is 440 g/mol. The highest BCUT2D eigenvalue weighted by Crippen LogP contribution is 2.61. The summed E-state index contributed by atoms with van der Waals surface area (Å²) < 4.78 is 37.3. The fourth-order valence-electron chi connectivity index (χ4n) is 6.71. The van der Waals surface area contributed by atoms with E-state index in [1.807, 2.05) is 19.1 Å². The van der Waals surface area contributed by atoms with Crippen LogP contribution in [0.25, 0.3) is 0 Å². The van der Waals surface area contributed by atoms with Gasteiger partial charge in [0.15, 0.2) is 0 Å². The number of benzene rings is 2. The molecule has 2 fully saturated rings. The van der Waals surface area contributed by atoms with Crippen LogP contribution in [-0.4, -0.2) is 21.6 Å². The van der Waals surface area contributed by atoms with Crippen molar-refractivity contribution < 1.29 is 17.3 Å². The van der Waals surface area contributed by atoms with Crippen molar-refractivity contribution in [2.24, 2.45) is 17.3 Å². The van der Waals surface area contributed by atoms with Gasteiger partial charge in [-0.15, -0.1) is 0 Å². The quantitative estimate of drug-likeness (QED) is 0.578. The van der Waals surface area contributed by atoms with Gasteiger partial charge in [0.1, 0.15) is 5.75 Å². The Hall–Kier alpha value is -1.85. The summed E-state index contributed by atoms with van der Waals surface area (Å²) in [4.78, 5) is 0.263. The Balaban J connectivity index is 1.38. The molecule has 5 heteroatoms. The van der Waals surface area contributed by atoms with E-state index in [4.69, 9.17) is 8.92 Å². The number of hydrogen-bond acceptors (Lipinski definition) is 4. The first-order valence-electron chi connectivity index (χ1n) is 11.5. The molecule has 0 radical (unpaired) electrons. The van der Waals surface area contributed by atoms with E-state index in [0.717, 1.165) is 43.4 Å². The van der Waals surface area contributed by atoms with Gasteiger partial charge in [0, 0.05) is 0 Å². The Morgan fingerprint density at radius 3 is 2.52 bits per heavy atom. The zero-order valence-corrected chi connectivity index (χ0v) is 19.5. The average Bonchev–Trinajstić information content (AvgIpc) is 3.09. The molecule has 2 saturated carbocycles. The zero-order chi connectivity index (χ0) is 21.8. The van der Waals surface area contributed by atoms with E-state index in [9.17, 15) is 8.42 Å². The van der Waals surface area contributed by atoms with Gasteiger partial charge < -0.3 is 4.74 Å². The van der Waals surface area contributed by atoms with Crippen LogP contribution in [0.3, 0.4) is 0 Å². The van der Waals surface area contributed by atoms with Crippen molar-refractivity contribution in [1.82, 2.24) is 0 Å². The van der Waals surface area contributed by atoms with E-state index in [1.165, 1.54) is 17.5 Å². The third-order valence-corrected chi connectivity index (χ3v) is 9.73. The summed E-state index contributed by atoms with van der Waals surface area (Å²) in [7, 11) is -2.02. The first-order valence-corrected chi connectivity index (χ1v) is 12.9. The first-order chi connectivity index (χ1) is 14.8. The summed E-state index contributed by atoms with van der Waals surface area (Å²) in [6.07, 6.45) is 6.00. The second kappa shape index (κ2) is 7.63. The Kier molecular flexibility index (Phi) is 5.17. The highest BCUT2D eigenvalue weighted by atomic mass is 32.2. The second-order valence-electron chi connectivity index (χ2n) is 9.95. The molecule has 0 N–H and O–H groups in total. The number of rotatable bonds is 4. The molecule has 5 atom stereocenters. The van der Waals surface area contributed by atoms with Crippen LogP contribution < -0.4 is 4.74 Å². The minimum absolute atomic E-state index is 0.0804. The van der Waals surface area contributed by atoms with Crippen LogP contribution in [0.5, 0.6) is 5.75 Å². The molecule has 4 nitrogen and oxygen atoms in total. The molecule has 0 amide bonds. The Bertz CT molecular complexity index is 1080. The summed E-state index contributed by atoms with van der Waals surface area (Å²) in [5.41, 5.74) is 3.87. The van der Waals surface area contributed by atoms with Crippen molar-refractivity contribution in [2.45, 2.75) is 69.3 Å². The SMILES string of the molecule is COc1ccc2c(c1)CCC1C2CCC2(C)C(OS(=O)(=O)c3ccc(C)cc3)CCC12. The Morgan fingerprint density at radius 2 is 1.77 bits per heavy atom. The summed E-state index contributed by atoms with van der Waals surface area (Å²) in [5.74, 6) is 2.63. The zero-order valence-electron chi connectivity index (χ0n) is 18.6. The molecule has 5 unspecified atom stereocenters. The summed E-state index contributed by atoms with van der Waals surface area (Å²) in [5, 5.41) is 0. The van der Waals surface area contributed by atoms with Gasteiger partial charge in [-0.25, -0.2) is 0 Å². The van der Waals surface area contributed by atoms with Gasteiger partial charge in [-0.3, -0.25) is 4.18 Å². The molecule has 0 spiro atoms. The highest BCUT2D eigenvalue weighted by Gasteiger charge is 2.56. The van der Waals surface area contributed by atoms with Crippen LogP contribution in [0.1, 0.15) is 61.6 Å². The van der Waals surface area contributed by atoms with Gasteiger partial charge in [-0.1, -0.05) is 30.7 Å². The summed E-state index contributed by atoms with van der Waals surface area (Å²) in [6.45, 7) is 4.23. The number of aryl methyl sites for hydroxylation is 2. The fourth-order valence-corrected chi connectivity index (χ4v) is 7.91. The van der Waals surface area contributed by atoms with Crippen molar-refractivity contribution in [3.8, 4) is 5.75 Å². The van der Waals surface area contributed by atoms with E-state index in [-0.39, 0.29) is 16.4 Å². The predicted molar refractivity (Wildman–Crippen MR) is 121 cm³/mol. The van der Waals surface area contributed by atoms with Crippen molar-refractivity contribution in [3.05, 3.63) is 59.2 Å². The van der Waals surface area contributed by atoms with Gasteiger partial charge in [0.25, 0.3) is 10.1 Å². The van der Waals surface area contributed by atoms with Crippen LogP contribution in [0.15, 0.2) is 47.4 Å². The van der Waals surface area contributed by atoms with Crippen LogP contribution >= 0.6 is 0 Å². The molecule has 0 saturated heterocycles. The minimum Gasteiger partial charge on any atom is -0.497 e. The lowest BCUT2D eigenvalue weighted by Gasteiger charge is -2.50. The first kappa shape index (κ1) is 21.0. The molecular formula is C26H32O4S. The van der Waals surface area contributed by atoms with E-state index >= 15 is 0 Å². The summed E-state index contributed by atoms with van der Waals surface area (Å²) in [6, 6.07) is 13.5. The highest BCUT2D eigenvalue weighted by molar-refractivity contribution is 7.86. The maximum Gasteiger partial charge on any atom is 0.297 e. The molecule has 0 aliphatic heterocycles. The van der Waals surface area contributed by atoms with Crippen LogP contribution in [0.2, 0.25) is 0 Å². The topological polar surface area (TPSA) is 52.6 Å². The molecule has 5 rings (SSSR count). The molecule has 3 aliphatic rings. The Labute approximate surface area is 186 Å². The molecule has 2 aromatic rings. The van der Waals surface area contributed by atoms with Gasteiger partial charge in [-0.05, 0) is 104 Å². The average molecular weight is 441 g/mol. The van der Waals surface area contributed by atoms with Crippen LogP contribution in [-0.2, 0) is 20.7 Å². The maximum atomic E-state index is 13.0. The van der Waals surface area contributed by atoms with Crippen molar-refractivity contribution in [2.75, 3.05) is 7.11 Å². The van der Waals surface area contributed by atoms with Crippen LogP contribution in [0.4, 0.5) is 0 Å². The predicted octanol–water partition coefficient (Wildman–Crippen LogP) is 5.63. The lowest BCUT2D eigenvalue weighted by Crippen LogP contribution is -2.45. The Morgan fingerprint density at radius 1 is 1.00 bits per heavy atom. The molecule has 2 aromatic carbocycles. The van der Waals surface area contributed by atoms with Gasteiger partial charge >= 0.3 is 0 Å². The van der Waals surface area contributed by atoms with Crippen molar-refractivity contribution >= 4 is 10.1 Å². The molecule has 0 bridgehead atoms. The third-order valence-electron chi connectivity index (χ3n) is 8.40. The number of ether oxygens (including phenoxy) is 1. The minimum atomic E-state index is -3.75. The smallest absolute Gasteiger partial charge is 0.297 e. The molecular weight excluding hydrogens is 408 g/mol. The molecule has 3 aliphatic carbocycles. The van der Waals surface area contributed by atoms with Crippen molar-refractivity contribution in [3.63, 3.8) is 0 Å². The second-order valence-corrected chi connectivity index (χ2v) is 11.5. The fraction of sp³-hybridized carbons (Fsp3) is 0.538. The van der Waals surface area contributed by atoms with Gasteiger partial charge in [0.05, 0.1) is 18.1 Å². The van der Waals surface area contributed by atoms with E-state index < -0.39 is 10.1 Å². The largest absolute Gasteiger partial charge is 0.497 e. The molecule has 0 heterocycles. The van der Waals surface area contributed by atoms with E-state index in [1.54, 1.807) is 19.2 Å². The van der Waals surface area contributed by atoms with Crippen molar-refractivity contribution in [1.29, 1.82) is 0 Å². The number of hydrogen-bond donors (Lipinski definition) is 0. The van der Waals surface area contributed by atoms with E-state index in [0.29, 0.717) is 17.8 Å². The lowest BCUT2D eigenvalue weighted by atomic mass is 9.55. The van der Waals surface area contributed by atoms with Crippen LogP contribution in [0, 0.1) is 24.2 Å². The standard InChI is InChI=1S/C26H32O4S/c1-17-4-8-20(9-5-17)31(27,28)30-25-13-12-24-23-10-6-18-16-19(29-3)7-11-21(18)22(23)14-15-26(24,25)2/h4-5,7-9,11,16,22-25H,6,10,12-15H2,1-3H3. The summed E-state index contributed by atoms with van der Waals surface area (Å²) >= 11 is 0. The maximum absolute atomic E-state index is 13.0. The van der Waals surface area contributed by atoms with Gasteiger partial charge in [0.2, 0.25) is 0 Å². The number of methoxy groups -OCH3 is 1. The van der Waals surface area contributed by atoms with Gasteiger partial charge in [-0.2, -0.15) is 8.42 Å². The van der Waals surface area contributed by atoms with E-state index in [2.05, 4.69) is 25.1 Å². The molecule has 31 heavy (non-hydrogen) atoms. The third kappa shape index (κ3) is 3.50. The molecule has 166 valence electrons.